The summed E-state index contributed by atoms with van der Waals surface area (Å²) >= 11 is 0. The second kappa shape index (κ2) is 5.47. The van der Waals surface area contributed by atoms with Crippen molar-refractivity contribution in [1.29, 1.82) is 0 Å². The maximum atomic E-state index is 12.5. The maximum Gasteiger partial charge on any atom is 0.341 e. The average molecular weight is 379 g/mol. The number of nitrogens with zero attached hydrogens (tertiary/aromatic N) is 3. The van der Waals surface area contributed by atoms with Gasteiger partial charge in [0.25, 0.3) is 0 Å². The zero-order valence-corrected chi connectivity index (χ0v) is 16.0. The van der Waals surface area contributed by atoms with Gasteiger partial charge in [-0.1, -0.05) is 26.0 Å². The van der Waals surface area contributed by atoms with Crippen LogP contribution in [0.25, 0.3) is 22.3 Å². The number of hydrogen-bond donors (Lipinski definition) is 1. The van der Waals surface area contributed by atoms with E-state index in [4.69, 9.17) is 9.84 Å². The first-order valence-corrected chi connectivity index (χ1v) is 9.38. The highest BCUT2D eigenvalue weighted by atomic mass is 16.5. The van der Waals surface area contributed by atoms with Crippen molar-refractivity contribution < 1.29 is 14.6 Å². The molecule has 2 aliphatic rings. The summed E-state index contributed by atoms with van der Waals surface area (Å²) in [4.78, 5) is 24.1. The van der Waals surface area contributed by atoms with Crippen LogP contribution in [0.4, 0.5) is 0 Å². The minimum absolute atomic E-state index is 0.0222. The Kier molecular flexibility index (Phi) is 3.33. The first-order valence-electron chi connectivity index (χ1n) is 9.38. The fourth-order valence-corrected chi connectivity index (χ4v) is 5.05. The van der Waals surface area contributed by atoms with Gasteiger partial charge in [-0.15, -0.1) is 0 Å². The number of ether oxygens (including phenoxy) is 1. The van der Waals surface area contributed by atoms with E-state index in [2.05, 4.69) is 13.8 Å². The van der Waals surface area contributed by atoms with Crippen LogP contribution in [-0.4, -0.2) is 32.5 Å². The van der Waals surface area contributed by atoms with E-state index in [1.54, 1.807) is 7.11 Å². The standard InChI is InChI=1S/C21H21N3O4/c1-21(2)8-7-13-19(21)23-10-12(20(26)27)15(25)9-14(23)18-11-5-4-6-16(28-3)17(11)22-24(13)18/h4-6,9-10,13,19H,7-8H2,1-3H3,(H,26,27). The van der Waals surface area contributed by atoms with Crippen molar-refractivity contribution in [1.82, 2.24) is 14.3 Å². The van der Waals surface area contributed by atoms with Crippen molar-refractivity contribution in [3.8, 4) is 17.1 Å². The third kappa shape index (κ3) is 2.07. The molecule has 1 aliphatic heterocycles. The summed E-state index contributed by atoms with van der Waals surface area (Å²) in [6.45, 7) is 4.38. The number of aromatic nitrogens is 3. The van der Waals surface area contributed by atoms with Gasteiger partial charge in [0, 0.05) is 17.6 Å². The zero-order valence-electron chi connectivity index (χ0n) is 16.0. The molecule has 28 heavy (non-hydrogen) atoms. The van der Waals surface area contributed by atoms with Gasteiger partial charge in [-0.3, -0.25) is 9.48 Å². The number of carbonyl (C=O) groups is 1. The Hall–Kier alpha value is -3.09. The van der Waals surface area contributed by atoms with Crippen LogP contribution >= 0.6 is 0 Å². The number of aromatic carboxylic acids is 1. The smallest absolute Gasteiger partial charge is 0.341 e. The molecule has 0 radical (unpaired) electrons. The number of hydrogen-bond acceptors (Lipinski definition) is 4. The SMILES string of the molecule is COc1cccc2c3n(nc12)C1CCC(C)(C)C1n1cc(C(=O)O)c(=O)cc1-3. The number of pyridine rings is 1. The maximum absolute atomic E-state index is 12.5. The van der Waals surface area contributed by atoms with Gasteiger partial charge in [0.15, 0.2) is 5.43 Å². The van der Waals surface area contributed by atoms with E-state index >= 15 is 0 Å². The van der Waals surface area contributed by atoms with Crippen molar-refractivity contribution in [2.75, 3.05) is 7.11 Å². The number of fused-ring (bicyclic) bond motifs is 8. The Balaban J connectivity index is 1.91. The van der Waals surface area contributed by atoms with Crippen LogP contribution in [0.5, 0.6) is 5.75 Å². The molecule has 0 bridgehead atoms. The number of rotatable bonds is 2. The second-order valence-electron chi connectivity index (χ2n) is 8.34. The Morgan fingerprint density at radius 3 is 2.86 bits per heavy atom. The van der Waals surface area contributed by atoms with E-state index in [0.29, 0.717) is 11.4 Å². The molecule has 1 N–H and O–H groups in total. The molecule has 2 unspecified atom stereocenters. The van der Waals surface area contributed by atoms with Gasteiger partial charge in [-0.25, -0.2) is 4.79 Å². The van der Waals surface area contributed by atoms with Gasteiger partial charge in [0.05, 0.1) is 30.6 Å². The molecule has 1 aromatic carbocycles. The van der Waals surface area contributed by atoms with Crippen molar-refractivity contribution in [3.63, 3.8) is 0 Å². The first-order chi connectivity index (χ1) is 13.3. The molecule has 144 valence electrons. The Labute approximate surface area is 161 Å². The van der Waals surface area contributed by atoms with E-state index in [9.17, 15) is 14.7 Å². The monoisotopic (exact) mass is 379 g/mol. The molecule has 1 saturated carbocycles. The lowest BCUT2D eigenvalue weighted by molar-refractivity contribution is 0.0693. The minimum Gasteiger partial charge on any atom is -0.494 e. The number of carboxylic acid groups (broad SMARTS) is 1. The highest BCUT2D eigenvalue weighted by Gasteiger charge is 2.48. The van der Waals surface area contributed by atoms with Gasteiger partial charge < -0.3 is 14.4 Å². The number of benzene rings is 1. The largest absolute Gasteiger partial charge is 0.494 e. The fourth-order valence-electron chi connectivity index (χ4n) is 5.05. The fraction of sp³-hybridized carbons (Fsp3) is 0.381. The highest BCUT2D eigenvalue weighted by Crippen LogP contribution is 2.56. The van der Waals surface area contributed by atoms with E-state index < -0.39 is 11.4 Å². The van der Waals surface area contributed by atoms with E-state index in [0.717, 1.165) is 29.4 Å². The molecule has 5 rings (SSSR count). The van der Waals surface area contributed by atoms with Gasteiger partial charge >= 0.3 is 5.97 Å². The van der Waals surface area contributed by atoms with Crippen LogP contribution in [0.3, 0.4) is 0 Å². The van der Waals surface area contributed by atoms with E-state index in [1.807, 2.05) is 27.4 Å². The Morgan fingerprint density at radius 1 is 1.36 bits per heavy atom. The molecule has 0 amide bonds. The average Bonchev–Trinajstić information content (AvgIpc) is 3.19. The summed E-state index contributed by atoms with van der Waals surface area (Å²) in [6.07, 6.45) is 3.45. The Bertz CT molecular complexity index is 1200. The van der Waals surface area contributed by atoms with Gasteiger partial charge in [0.1, 0.15) is 16.8 Å². The van der Waals surface area contributed by atoms with Gasteiger partial charge in [0.2, 0.25) is 0 Å². The second-order valence-corrected chi connectivity index (χ2v) is 8.34. The quantitative estimate of drug-likeness (QED) is 0.737. The molecule has 0 spiro atoms. The van der Waals surface area contributed by atoms with Gasteiger partial charge in [-0.2, -0.15) is 5.10 Å². The molecule has 7 heteroatoms. The van der Waals surface area contributed by atoms with Crippen molar-refractivity contribution in [2.24, 2.45) is 5.41 Å². The summed E-state index contributed by atoms with van der Waals surface area (Å²) in [5, 5.41) is 15.3. The summed E-state index contributed by atoms with van der Waals surface area (Å²) in [7, 11) is 1.62. The molecule has 1 fully saturated rings. The summed E-state index contributed by atoms with van der Waals surface area (Å²) < 4.78 is 9.53. The zero-order chi connectivity index (χ0) is 19.8. The molecule has 2 atom stereocenters. The lowest BCUT2D eigenvalue weighted by Crippen LogP contribution is -2.35. The van der Waals surface area contributed by atoms with Crippen LogP contribution in [0.15, 0.2) is 35.3 Å². The van der Waals surface area contributed by atoms with E-state index in [1.165, 1.54) is 12.3 Å². The molecule has 0 saturated heterocycles. The number of carboxylic acids is 1. The lowest BCUT2D eigenvalue weighted by atomic mass is 9.84. The molecular formula is C21H21N3O4. The first kappa shape index (κ1) is 17.0. The summed E-state index contributed by atoms with van der Waals surface area (Å²) in [5.74, 6) is -0.512. The molecule has 3 aromatic rings. The minimum atomic E-state index is -1.20. The normalized spacial score (nSPS) is 21.8. The molecule has 1 aliphatic carbocycles. The lowest BCUT2D eigenvalue weighted by Gasteiger charge is -2.39. The van der Waals surface area contributed by atoms with Crippen LogP contribution in [0, 0.1) is 5.41 Å². The predicted octanol–water partition coefficient (Wildman–Crippen LogP) is 3.49. The summed E-state index contributed by atoms with van der Waals surface area (Å²) in [6, 6.07) is 7.31. The third-order valence-electron chi connectivity index (χ3n) is 6.33. The molecule has 3 heterocycles. The summed E-state index contributed by atoms with van der Waals surface area (Å²) in [5.41, 5.74) is 1.58. The predicted molar refractivity (Wildman–Crippen MR) is 104 cm³/mol. The van der Waals surface area contributed by atoms with Crippen LogP contribution in [0.2, 0.25) is 0 Å². The van der Waals surface area contributed by atoms with Crippen molar-refractivity contribution in [3.05, 3.63) is 46.2 Å². The Morgan fingerprint density at radius 2 is 2.14 bits per heavy atom. The van der Waals surface area contributed by atoms with Crippen LogP contribution in [0.1, 0.15) is 49.1 Å². The van der Waals surface area contributed by atoms with E-state index in [-0.39, 0.29) is 23.1 Å². The van der Waals surface area contributed by atoms with Crippen molar-refractivity contribution in [2.45, 2.75) is 38.8 Å². The topological polar surface area (TPSA) is 86.3 Å². The van der Waals surface area contributed by atoms with Gasteiger partial charge in [-0.05, 0) is 24.3 Å². The van der Waals surface area contributed by atoms with Crippen LogP contribution in [-0.2, 0) is 0 Å². The number of methoxy groups -OCH3 is 1. The molecule has 7 nitrogen and oxygen atoms in total. The highest BCUT2D eigenvalue weighted by molar-refractivity contribution is 5.97. The van der Waals surface area contributed by atoms with Crippen molar-refractivity contribution >= 4 is 16.9 Å². The third-order valence-corrected chi connectivity index (χ3v) is 6.33. The molecule has 2 aromatic heterocycles. The van der Waals surface area contributed by atoms with Crippen LogP contribution < -0.4 is 10.2 Å². The molecular weight excluding hydrogens is 358 g/mol.